The standard InChI is InChI=1S/C6H14N2O/c1-5(9-8-4)6(2,3)7/h8H,1,7H2,2-4H3. The van der Waals surface area contributed by atoms with Gasteiger partial charge in [0.05, 0.1) is 5.54 Å². The van der Waals surface area contributed by atoms with Crippen molar-refractivity contribution in [3.8, 4) is 0 Å². The van der Waals surface area contributed by atoms with Gasteiger partial charge in [0.2, 0.25) is 0 Å². The van der Waals surface area contributed by atoms with Crippen LogP contribution in [0.5, 0.6) is 0 Å². The van der Waals surface area contributed by atoms with Crippen LogP contribution in [0.3, 0.4) is 0 Å². The summed E-state index contributed by atoms with van der Waals surface area (Å²) >= 11 is 0. The summed E-state index contributed by atoms with van der Waals surface area (Å²) < 4.78 is 0. The van der Waals surface area contributed by atoms with E-state index >= 15 is 0 Å². The third-order valence-corrected chi connectivity index (χ3v) is 0.944. The molecule has 0 aromatic heterocycles. The summed E-state index contributed by atoms with van der Waals surface area (Å²) in [6.07, 6.45) is 0. The lowest BCUT2D eigenvalue weighted by atomic mass is 10.1. The lowest BCUT2D eigenvalue weighted by Crippen LogP contribution is -2.36. The Bertz CT molecular complexity index is 104. The normalized spacial score (nSPS) is 11.1. The highest BCUT2D eigenvalue weighted by Crippen LogP contribution is 2.08. The monoisotopic (exact) mass is 130 g/mol. The third-order valence-electron chi connectivity index (χ3n) is 0.944. The van der Waals surface area contributed by atoms with Gasteiger partial charge in [-0.25, -0.2) is 0 Å². The van der Waals surface area contributed by atoms with Gasteiger partial charge in [-0.3, -0.25) is 0 Å². The molecule has 0 saturated carbocycles. The van der Waals surface area contributed by atoms with Gasteiger partial charge in [-0.1, -0.05) is 6.58 Å². The van der Waals surface area contributed by atoms with E-state index in [1.807, 2.05) is 13.8 Å². The summed E-state index contributed by atoms with van der Waals surface area (Å²) in [4.78, 5) is 4.84. The molecule has 0 unspecified atom stereocenters. The van der Waals surface area contributed by atoms with Crippen molar-refractivity contribution in [3.63, 3.8) is 0 Å². The summed E-state index contributed by atoms with van der Waals surface area (Å²) in [5.41, 5.74) is 7.63. The molecule has 3 heteroatoms. The summed E-state index contributed by atoms with van der Waals surface area (Å²) in [5.74, 6) is 0.532. The SMILES string of the molecule is C=C(ONC)C(C)(C)N. The van der Waals surface area contributed by atoms with Crippen LogP contribution in [0, 0.1) is 0 Å². The van der Waals surface area contributed by atoms with Gasteiger partial charge in [-0.2, -0.15) is 5.48 Å². The number of rotatable bonds is 3. The molecule has 0 fully saturated rings. The highest BCUT2D eigenvalue weighted by atomic mass is 16.6. The van der Waals surface area contributed by atoms with Crippen LogP contribution < -0.4 is 11.2 Å². The van der Waals surface area contributed by atoms with E-state index in [0.29, 0.717) is 5.76 Å². The van der Waals surface area contributed by atoms with Crippen LogP contribution in [0.15, 0.2) is 12.3 Å². The van der Waals surface area contributed by atoms with E-state index in [1.54, 1.807) is 7.05 Å². The lowest BCUT2D eigenvalue weighted by Gasteiger charge is -2.20. The number of nitrogens with two attached hydrogens (primary N) is 1. The van der Waals surface area contributed by atoms with Crippen LogP contribution in [-0.4, -0.2) is 12.6 Å². The van der Waals surface area contributed by atoms with Crippen LogP contribution in [0.1, 0.15) is 13.8 Å². The van der Waals surface area contributed by atoms with Crippen LogP contribution in [0.2, 0.25) is 0 Å². The van der Waals surface area contributed by atoms with E-state index in [2.05, 4.69) is 12.1 Å². The molecule has 0 aliphatic heterocycles. The Morgan fingerprint density at radius 2 is 2.11 bits per heavy atom. The van der Waals surface area contributed by atoms with Crippen LogP contribution in [-0.2, 0) is 4.84 Å². The second-order valence-corrected chi connectivity index (χ2v) is 2.45. The Kier molecular flexibility index (Phi) is 2.67. The summed E-state index contributed by atoms with van der Waals surface area (Å²) in [5, 5.41) is 0. The number of hydrogen-bond acceptors (Lipinski definition) is 3. The van der Waals surface area contributed by atoms with Gasteiger partial charge in [0.25, 0.3) is 0 Å². The molecule has 9 heavy (non-hydrogen) atoms. The molecule has 0 saturated heterocycles. The first-order valence-corrected chi connectivity index (χ1v) is 2.80. The molecule has 0 radical (unpaired) electrons. The summed E-state index contributed by atoms with van der Waals surface area (Å²) in [6, 6.07) is 0. The van der Waals surface area contributed by atoms with Crippen molar-refractivity contribution in [3.05, 3.63) is 12.3 Å². The van der Waals surface area contributed by atoms with Gasteiger partial charge in [-0.05, 0) is 13.8 Å². The van der Waals surface area contributed by atoms with Crippen LogP contribution >= 0.6 is 0 Å². The Morgan fingerprint density at radius 3 is 2.22 bits per heavy atom. The van der Waals surface area contributed by atoms with Crippen molar-refractivity contribution in [1.29, 1.82) is 0 Å². The van der Waals surface area contributed by atoms with Crippen molar-refractivity contribution < 1.29 is 4.84 Å². The van der Waals surface area contributed by atoms with E-state index in [4.69, 9.17) is 10.6 Å². The minimum absolute atomic E-state index is 0.469. The zero-order chi connectivity index (χ0) is 7.49. The molecule has 54 valence electrons. The average molecular weight is 130 g/mol. The average Bonchev–Trinajstić information content (AvgIpc) is 1.64. The highest BCUT2D eigenvalue weighted by Gasteiger charge is 2.16. The minimum Gasteiger partial charge on any atom is -0.412 e. The molecule has 0 aliphatic rings. The van der Waals surface area contributed by atoms with Crippen LogP contribution in [0.25, 0.3) is 0 Å². The zero-order valence-corrected chi connectivity index (χ0v) is 6.19. The van der Waals surface area contributed by atoms with Crippen molar-refractivity contribution in [2.45, 2.75) is 19.4 Å². The molecule has 0 bridgehead atoms. The zero-order valence-electron chi connectivity index (χ0n) is 6.19. The maximum Gasteiger partial charge on any atom is 0.136 e. The van der Waals surface area contributed by atoms with E-state index in [9.17, 15) is 0 Å². The Labute approximate surface area is 55.8 Å². The van der Waals surface area contributed by atoms with Gasteiger partial charge in [0.1, 0.15) is 5.76 Å². The van der Waals surface area contributed by atoms with Gasteiger partial charge >= 0.3 is 0 Å². The maximum absolute atomic E-state index is 5.60. The molecule has 0 amide bonds. The fourth-order valence-electron chi connectivity index (χ4n) is 0.255. The Hall–Kier alpha value is -0.540. The molecule has 3 N–H and O–H groups in total. The molecule has 3 nitrogen and oxygen atoms in total. The van der Waals surface area contributed by atoms with Crippen molar-refractivity contribution in [2.24, 2.45) is 5.73 Å². The quantitative estimate of drug-likeness (QED) is 0.429. The molecule has 0 aliphatic carbocycles. The Morgan fingerprint density at radius 1 is 1.67 bits per heavy atom. The van der Waals surface area contributed by atoms with Gasteiger partial charge in [0.15, 0.2) is 0 Å². The topological polar surface area (TPSA) is 47.3 Å². The summed E-state index contributed by atoms with van der Waals surface area (Å²) in [6.45, 7) is 7.26. The maximum atomic E-state index is 5.60. The van der Waals surface area contributed by atoms with Gasteiger partial charge in [-0.15, -0.1) is 0 Å². The van der Waals surface area contributed by atoms with Crippen molar-refractivity contribution >= 4 is 0 Å². The molecule has 0 heterocycles. The lowest BCUT2D eigenvalue weighted by molar-refractivity contribution is 0.0996. The van der Waals surface area contributed by atoms with Gasteiger partial charge < -0.3 is 10.6 Å². The molecule has 0 aromatic rings. The Balaban J connectivity index is 3.74. The second kappa shape index (κ2) is 2.85. The van der Waals surface area contributed by atoms with Crippen molar-refractivity contribution in [1.82, 2.24) is 5.48 Å². The minimum atomic E-state index is -0.469. The third kappa shape index (κ3) is 3.11. The smallest absolute Gasteiger partial charge is 0.136 e. The van der Waals surface area contributed by atoms with E-state index in [0.717, 1.165) is 0 Å². The predicted octanol–water partition coefficient (Wildman–Crippen LogP) is 0.388. The first-order valence-electron chi connectivity index (χ1n) is 2.80. The number of hydrogen-bond donors (Lipinski definition) is 2. The van der Waals surface area contributed by atoms with E-state index in [-0.39, 0.29) is 0 Å². The molecular weight excluding hydrogens is 116 g/mol. The largest absolute Gasteiger partial charge is 0.412 e. The van der Waals surface area contributed by atoms with Gasteiger partial charge in [0, 0.05) is 7.05 Å². The van der Waals surface area contributed by atoms with Crippen molar-refractivity contribution in [2.75, 3.05) is 7.05 Å². The van der Waals surface area contributed by atoms with E-state index < -0.39 is 5.54 Å². The summed E-state index contributed by atoms with van der Waals surface area (Å²) in [7, 11) is 1.66. The molecule has 0 atom stereocenters. The highest BCUT2D eigenvalue weighted by molar-refractivity contribution is 5.02. The van der Waals surface area contributed by atoms with E-state index in [1.165, 1.54) is 0 Å². The van der Waals surface area contributed by atoms with Crippen LogP contribution in [0.4, 0.5) is 0 Å². The second-order valence-electron chi connectivity index (χ2n) is 2.45. The first-order chi connectivity index (χ1) is 3.98. The number of nitrogens with one attached hydrogen (secondary N) is 1. The molecule has 0 aromatic carbocycles. The fraction of sp³-hybridized carbons (Fsp3) is 0.667. The fourth-order valence-corrected chi connectivity index (χ4v) is 0.255. The molecule has 0 rings (SSSR count). The predicted molar refractivity (Wildman–Crippen MR) is 37.6 cm³/mol. The molecule has 0 spiro atoms. The molecular formula is C6H14N2O. The number of hydroxylamine groups is 1. The first kappa shape index (κ1) is 8.46.